The van der Waals surface area contributed by atoms with Gasteiger partial charge in [0.1, 0.15) is 10.6 Å². The standard InChI is InChI=1S/C17H14Cl2N2O6S/c1-9(16(22)23)27-11-4-6-15-14(8-11)20(2)17(24)21(28(15,25)26)10-3-5-12(18)13(19)7-10/h3-9H,1-2H3,(H,22,23). The minimum atomic E-state index is -4.24. The third-order valence-electron chi connectivity index (χ3n) is 4.07. The summed E-state index contributed by atoms with van der Waals surface area (Å²) in [6.45, 7) is 1.33. The fourth-order valence-corrected chi connectivity index (χ4v) is 4.51. The molecule has 1 atom stereocenters. The van der Waals surface area contributed by atoms with E-state index in [2.05, 4.69) is 0 Å². The van der Waals surface area contributed by atoms with E-state index in [1.807, 2.05) is 0 Å². The summed E-state index contributed by atoms with van der Waals surface area (Å²) in [4.78, 5) is 24.7. The van der Waals surface area contributed by atoms with Gasteiger partial charge in [-0.15, -0.1) is 0 Å². The Labute approximate surface area is 170 Å². The number of carbonyl (C=O) groups excluding carboxylic acids is 1. The lowest BCUT2D eigenvalue weighted by Gasteiger charge is -2.34. The van der Waals surface area contributed by atoms with Crippen molar-refractivity contribution >= 4 is 56.6 Å². The smallest absolute Gasteiger partial charge is 0.344 e. The van der Waals surface area contributed by atoms with Crippen molar-refractivity contribution in [2.75, 3.05) is 16.3 Å². The number of ether oxygens (including phenoxy) is 1. The first-order chi connectivity index (χ1) is 13.0. The normalized spacial score (nSPS) is 16.5. The zero-order chi connectivity index (χ0) is 20.8. The molecular weight excluding hydrogens is 431 g/mol. The van der Waals surface area contributed by atoms with E-state index in [-0.39, 0.29) is 32.1 Å². The summed E-state index contributed by atoms with van der Waals surface area (Å²) in [6.07, 6.45) is -1.15. The summed E-state index contributed by atoms with van der Waals surface area (Å²) in [6, 6.07) is 7.08. The number of carboxylic acids is 1. The van der Waals surface area contributed by atoms with Crippen LogP contribution < -0.4 is 13.9 Å². The van der Waals surface area contributed by atoms with E-state index in [0.717, 1.165) is 4.90 Å². The van der Waals surface area contributed by atoms with Crippen molar-refractivity contribution in [1.82, 2.24) is 0 Å². The second kappa shape index (κ2) is 7.16. The number of hydrogen-bond donors (Lipinski definition) is 1. The minimum absolute atomic E-state index is 0.0386. The molecule has 0 aliphatic carbocycles. The van der Waals surface area contributed by atoms with E-state index >= 15 is 0 Å². The number of hydrogen-bond acceptors (Lipinski definition) is 5. The van der Waals surface area contributed by atoms with Gasteiger partial charge in [0, 0.05) is 13.1 Å². The predicted octanol–water partition coefficient (Wildman–Crippen LogP) is 3.61. The quantitative estimate of drug-likeness (QED) is 0.771. The molecule has 1 N–H and O–H groups in total. The van der Waals surface area contributed by atoms with Gasteiger partial charge in [-0.3, -0.25) is 4.90 Å². The number of amides is 2. The van der Waals surface area contributed by atoms with E-state index in [4.69, 9.17) is 33.0 Å². The molecule has 11 heteroatoms. The topological polar surface area (TPSA) is 104 Å². The third kappa shape index (κ3) is 3.36. The van der Waals surface area contributed by atoms with Gasteiger partial charge in [-0.1, -0.05) is 23.2 Å². The Bertz CT molecular complexity index is 1090. The number of anilines is 2. The molecular formula is C17H14Cl2N2O6S. The zero-order valence-electron chi connectivity index (χ0n) is 14.6. The molecule has 1 aliphatic rings. The highest BCUT2D eigenvalue weighted by Crippen LogP contribution is 2.39. The summed E-state index contributed by atoms with van der Waals surface area (Å²) in [5.74, 6) is -1.06. The number of sulfonamides is 1. The number of halogens is 2. The lowest BCUT2D eigenvalue weighted by molar-refractivity contribution is -0.144. The molecule has 0 fully saturated rings. The second-order valence-electron chi connectivity index (χ2n) is 5.94. The van der Waals surface area contributed by atoms with Crippen molar-refractivity contribution in [2.24, 2.45) is 0 Å². The number of benzene rings is 2. The van der Waals surface area contributed by atoms with Crippen LogP contribution in [-0.4, -0.2) is 38.7 Å². The molecule has 0 saturated heterocycles. The van der Waals surface area contributed by atoms with Gasteiger partial charge in [0.05, 0.1) is 21.4 Å². The van der Waals surface area contributed by atoms with E-state index in [1.165, 1.54) is 50.4 Å². The van der Waals surface area contributed by atoms with Crippen molar-refractivity contribution < 1.29 is 27.9 Å². The molecule has 2 amide bonds. The lowest BCUT2D eigenvalue weighted by atomic mass is 10.2. The van der Waals surface area contributed by atoms with E-state index < -0.39 is 28.1 Å². The van der Waals surface area contributed by atoms with Gasteiger partial charge in [0.25, 0.3) is 10.0 Å². The molecule has 0 spiro atoms. The number of fused-ring (bicyclic) bond motifs is 1. The maximum atomic E-state index is 13.1. The lowest BCUT2D eigenvalue weighted by Crippen LogP contribution is -2.49. The minimum Gasteiger partial charge on any atom is -0.479 e. The SMILES string of the molecule is CC(Oc1ccc2c(c1)N(C)C(=O)N(c1ccc(Cl)c(Cl)c1)S2(=O)=O)C(=O)O. The first kappa shape index (κ1) is 20.2. The van der Waals surface area contributed by atoms with E-state index in [1.54, 1.807) is 0 Å². The maximum absolute atomic E-state index is 13.1. The van der Waals surface area contributed by atoms with Crippen LogP contribution in [0.5, 0.6) is 5.75 Å². The van der Waals surface area contributed by atoms with Crippen molar-refractivity contribution in [1.29, 1.82) is 0 Å². The number of urea groups is 1. The second-order valence-corrected chi connectivity index (χ2v) is 8.51. The summed E-state index contributed by atoms with van der Waals surface area (Å²) in [5.41, 5.74) is 0.105. The fraction of sp³-hybridized carbons (Fsp3) is 0.176. The number of carbonyl (C=O) groups is 2. The molecule has 0 radical (unpaired) electrons. The van der Waals surface area contributed by atoms with Crippen LogP contribution in [0.2, 0.25) is 10.0 Å². The summed E-state index contributed by atoms with van der Waals surface area (Å²) in [7, 11) is -2.85. The predicted molar refractivity (Wildman–Crippen MR) is 104 cm³/mol. The van der Waals surface area contributed by atoms with Crippen LogP contribution in [0.15, 0.2) is 41.3 Å². The zero-order valence-corrected chi connectivity index (χ0v) is 16.9. The molecule has 1 aliphatic heterocycles. The van der Waals surface area contributed by atoms with Crippen molar-refractivity contribution in [3.8, 4) is 5.75 Å². The van der Waals surface area contributed by atoms with Gasteiger partial charge in [-0.2, -0.15) is 4.31 Å². The molecule has 1 unspecified atom stereocenters. The van der Waals surface area contributed by atoms with Gasteiger partial charge < -0.3 is 9.84 Å². The van der Waals surface area contributed by atoms with Crippen LogP contribution in [0, 0.1) is 0 Å². The third-order valence-corrected chi connectivity index (χ3v) is 6.56. The molecule has 28 heavy (non-hydrogen) atoms. The number of carboxylic acid groups (broad SMARTS) is 1. The van der Waals surface area contributed by atoms with Crippen LogP contribution in [0.25, 0.3) is 0 Å². The summed E-state index contributed by atoms with van der Waals surface area (Å²) < 4.78 is 32.0. The van der Waals surface area contributed by atoms with Crippen LogP contribution in [0.3, 0.4) is 0 Å². The number of rotatable bonds is 4. The highest BCUT2D eigenvalue weighted by atomic mass is 35.5. The van der Waals surface area contributed by atoms with Gasteiger partial charge in [-0.25, -0.2) is 18.0 Å². The van der Waals surface area contributed by atoms with Crippen LogP contribution in [0.1, 0.15) is 6.92 Å². The van der Waals surface area contributed by atoms with Crippen molar-refractivity contribution in [3.05, 3.63) is 46.4 Å². The molecule has 0 saturated carbocycles. The Morgan fingerprint density at radius 3 is 2.43 bits per heavy atom. The molecule has 148 valence electrons. The fourth-order valence-electron chi connectivity index (χ4n) is 2.61. The maximum Gasteiger partial charge on any atom is 0.344 e. The van der Waals surface area contributed by atoms with E-state index in [0.29, 0.717) is 4.31 Å². The van der Waals surface area contributed by atoms with Gasteiger partial charge in [0.2, 0.25) is 0 Å². The van der Waals surface area contributed by atoms with Crippen LogP contribution in [-0.2, 0) is 14.8 Å². The first-order valence-corrected chi connectivity index (χ1v) is 10.0. The van der Waals surface area contributed by atoms with Crippen molar-refractivity contribution in [2.45, 2.75) is 17.9 Å². The Hall–Kier alpha value is -2.49. The monoisotopic (exact) mass is 444 g/mol. The molecule has 1 heterocycles. The van der Waals surface area contributed by atoms with Gasteiger partial charge in [-0.05, 0) is 37.3 Å². The Morgan fingerprint density at radius 2 is 1.82 bits per heavy atom. The largest absolute Gasteiger partial charge is 0.479 e. The molecule has 3 rings (SSSR count). The van der Waals surface area contributed by atoms with Crippen molar-refractivity contribution in [3.63, 3.8) is 0 Å². The number of nitrogens with zero attached hydrogens (tertiary/aromatic N) is 2. The van der Waals surface area contributed by atoms with E-state index in [9.17, 15) is 18.0 Å². The molecule has 0 aromatic heterocycles. The Kier molecular flexibility index (Phi) is 5.18. The Morgan fingerprint density at radius 1 is 1.14 bits per heavy atom. The molecule has 8 nitrogen and oxygen atoms in total. The summed E-state index contributed by atoms with van der Waals surface area (Å²) in [5, 5.41) is 9.27. The van der Waals surface area contributed by atoms with Gasteiger partial charge in [0.15, 0.2) is 6.10 Å². The molecule has 2 aromatic rings. The highest BCUT2D eigenvalue weighted by molar-refractivity contribution is 7.94. The molecule has 2 aromatic carbocycles. The Balaban J connectivity index is 2.09. The van der Waals surface area contributed by atoms with Crippen LogP contribution >= 0.6 is 23.2 Å². The summed E-state index contributed by atoms with van der Waals surface area (Å²) >= 11 is 11.8. The first-order valence-electron chi connectivity index (χ1n) is 7.85. The number of aliphatic carboxylic acids is 1. The average molecular weight is 445 g/mol. The van der Waals surface area contributed by atoms with Crippen LogP contribution in [0.4, 0.5) is 16.2 Å². The highest BCUT2D eigenvalue weighted by Gasteiger charge is 2.41. The average Bonchev–Trinajstić information content (AvgIpc) is 2.62. The molecule has 0 bridgehead atoms. The van der Waals surface area contributed by atoms with Gasteiger partial charge >= 0.3 is 12.0 Å².